The first-order valence-corrected chi connectivity index (χ1v) is 4.59. The Balaban J connectivity index is 2.63. The van der Waals surface area contributed by atoms with Crippen LogP contribution in [0.1, 0.15) is 11.1 Å². The summed E-state index contributed by atoms with van der Waals surface area (Å²) in [5, 5.41) is 10.6. The Morgan fingerprint density at radius 1 is 1.29 bits per heavy atom. The van der Waals surface area contributed by atoms with Crippen molar-refractivity contribution in [3.8, 4) is 5.69 Å². The van der Waals surface area contributed by atoms with Gasteiger partial charge in [-0.05, 0) is 17.7 Å². The fourth-order valence-electron chi connectivity index (χ4n) is 1.40. The monoisotopic (exact) mass is 240 g/mol. The average Bonchev–Trinajstić information content (AvgIpc) is 2.80. The maximum atomic E-state index is 12.8. The van der Waals surface area contributed by atoms with Gasteiger partial charge in [-0.25, -0.2) is 9.67 Å². The lowest BCUT2D eigenvalue weighted by Crippen LogP contribution is -2.11. The van der Waals surface area contributed by atoms with Crippen molar-refractivity contribution in [2.45, 2.75) is 6.18 Å². The van der Waals surface area contributed by atoms with Crippen LogP contribution in [0.2, 0.25) is 0 Å². The molecule has 0 bridgehead atoms. The lowest BCUT2D eigenvalue weighted by molar-refractivity contribution is -0.137. The molecule has 0 aliphatic carbocycles. The van der Waals surface area contributed by atoms with E-state index in [-0.39, 0.29) is 11.3 Å². The molecule has 0 saturated carbocycles. The van der Waals surface area contributed by atoms with E-state index in [2.05, 4.69) is 10.1 Å². The lowest BCUT2D eigenvalue weighted by atomic mass is 10.1. The van der Waals surface area contributed by atoms with Crippen LogP contribution in [0.4, 0.5) is 13.2 Å². The van der Waals surface area contributed by atoms with Gasteiger partial charge >= 0.3 is 6.18 Å². The topological polar surface area (TPSA) is 54.6 Å². The van der Waals surface area contributed by atoms with Crippen molar-refractivity contribution in [1.29, 1.82) is 5.41 Å². The van der Waals surface area contributed by atoms with Crippen LogP contribution in [0.15, 0.2) is 30.9 Å². The fourth-order valence-corrected chi connectivity index (χ4v) is 1.40. The van der Waals surface area contributed by atoms with Crippen molar-refractivity contribution in [1.82, 2.24) is 14.8 Å². The van der Waals surface area contributed by atoms with Gasteiger partial charge in [-0.1, -0.05) is 6.07 Å². The third kappa shape index (κ3) is 2.17. The zero-order valence-electron chi connectivity index (χ0n) is 8.44. The predicted molar refractivity (Wildman–Crippen MR) is 54.2 cm³/mol. The van der Waals surface area contributed by atoms with Crippen LogP contribution in [0.3, 0.4) is 0 Å². The van der Waals surface area contributed by atoms with Crippen molar-refractivity contribution in [3.63, 3.8) is 0 Å². The summed E-state index contributed by atoms with van der Waals surface area (Å²) in [5.74, 6) is 0. The minimum Gasteiger partial charge on any atom is -0.308 e. The zero-order valence-corrected chi connectivity index (χ0v) is 8.44. The first-order valence-electron chi connectivity index (χ1n) is 4.59. The number of halogens is 3. The van der Waals surface area contributed by atoms with Crippen molar-refractivity contribution >= 4 is 6.21 Å². The summed E-state index contributed by atoms with van der Waals surface area (Å²) in [7, 11) is 0. The molecule has 0 saturated heterocycles. The molecule has 17 heavy (non-hydrogen) atoms. The number of nitrogens with one attached hydrogen (secondary N) is 1. The number of nitrogens with zero attached hydrogens (tertiary/aromatic N) is 3. The molecule has 7 heteroatoms. The highest BCUT2D eigenvalue weighted by atomic mass is 19.4. The number of aromatic nitrogens is 3. The Morgan fingerprint density at radius 2 is 2.06 bits per heavy atom. The molecule has 4 nitrogen and oxygen atoms in total. The van der Waals surface area contributed by atoms with E-state index >= 15 is 0 Å². The van der Waals surface area contributed by atoms with Gasteiger partial charge in [0.25, 0.3) is 0 Å². The summed E-state index contributed by atoms with van der Waals surface area (Å²) in [6.45, 7) is 0. The van der Waals surface area contributed by atoms with Gasteiger partial charge < -0.3 is 5.41 Å². The smallest absolute Gasteiger partial charge is 0.308 e. The first-order chi connectivity index (χ1) is 8.02. The van der Waals surface area contributed by atoms with Crippen LogP contribution in [0, 0.1) is 5.41 Å². The van der Waals surface area contributed by atoms with Crippen molar-refractivity contribution in [3.05, 3.63) is 42.0 Å². The fraction of sp³-hybridized carbons (Fsp3) is 0.100. The van der Waals surface area contributed by atoms with Crippen LogP contribution in [-0.2, 0) is 6.18 Å². The van der Waals surface area contributed by atoms with Crippen molar-refractivity contribution < 1.29 is 13.2 Å². The van der Waals surface area contributed by atoms with Gasteiger partial charge in [0, 0.05) is 6.21 Å². The third-order valence-electron chi connectivity index (χ3n) is 2.16. The van der Waals surface area contributed by atoms with Crippen molar-refractivity contribution in [2.24, 2.45) is 0 Å². The van der Waals surface area contributed by atoms with Crippen LogP contribution in [-0.4, -0.2) is 21.0 Å². The van der Waals surface area contributed by atoms with Gasteiger partial charge in [0.15, 0.2) is 0 Å². The Hall–Kier alpha value is -2.18. The van der Waals surface area contributed by atoms with Gasteiger partial charge in [-0.2, -0.15) is 18.3 Å². The molecule has 0 spiro atoms. The van der Waals surface area contributed by atoms with E-state index in [9.17, 15) is 13.2 Å². The highest BCUT2D eigenvalue weighted by molar-refractivity contribution is 5.78. The molecule has 0 radical (unpaired) electrons. The van der Waals surface area contributed by atoms with E-state index in [4.69, 9.17) is 5.41 Å². The molecule has 0 aliphatic heterocycles. The summed E-state index contributed by atoms with van der Waals surface area (Å²) in [6, 6.07) is 3.58. The molecule has 0 aliphatic rings. The molecular formula is C10H7F3N4. The van der Waals surface area contributed by atoms with Crippen LogP contribution >= 0.6 is 0 Å². The minimum absolute atomic E-state index is 0.111. The molecule has 1 heterocycles. The molecule has 0 atom stereocenters. The summed E-state index contributed by atoms with van der Waals surface area (Å²) in [4.78, 5) is 3.60. The molecule has 0 fully saturated rings. The van der Waals surface area contributed by atoms with Crippen LogP contribution in [0.25, 0.3) is 5.69 Å². The Bertz CT molecular complexity index is 531. The molecule has 1 aromatic carbocycles. The SMILES string of the molecule is N=Cc1ccc(-n2cncn2)c(C(F)(F)F)c1. The van der Waals surface area contributed by atoms with E-state index in [1.54, 1.807) is 0 Å². The van der Waals surface area contributed by atoms with E-state index in [0.717, 1.165) is 23.3 Å². The Labute approximate surface area is 94.2 Å². The second kappa shape index (κ2) is 4.00. The largest absolute Gasteiger partial charge is 0.418 e. The van der Waals surface area contributed by atoms with Crippen LogP contribution in [0.5, 0.6) is 0 Å². The first kappa shape index (κ1) is 11.3. The van der Waals surface area contributed by atoms with Gasteiger partial charge in [0.2, 0.25) is 0 Å². The Morgan fingerprint density at radius 3 is 2.59 bits per heavy atom. The summed E-state index contributed by atoms with van der Waals surface area (Å²) < 4.78 is 39.5. The lowest BCUT2D eigenvalue weighted by Gasteiger charge is -2.12. The summed E-state index contributed by atoms with van der Waals surface area (Å²) >= 11 is 0. The molecule has 2 rings (SSSR count). The van der Waals surface area contributed by atoms with Gasteiger partial charge in [0.1, 0.15) is 12.7 Å². The van der Waals surface area contributed by atoms with Gasteiger partial charge in [-0.3, -0.25) is 0 Å². The number of hydrogen-bond donors (Lipinski definition) is 1. The molecular weight excluding hydrogens is 233 g/mol. The van der Waals surface area contributed by atoms with E-state index in [0.29, 0.717) is 0 Å². The molecule has 0 unspecified atom stereocenters. The molecule has 1 aromatic heterocycles. The molecule has 2 aromatic rings. The maximum Gasteiger partial charge on any atom is 0.418 e. The summed E-state index contributed by atoms with van der Waals surface area (Å²) in [6.07, 6.45) is -1.29. The molecule has 88 valence electrons. The number of benzene rings is 1. The van der Waals surface area contributed by atoms with Crippen molar-refractivity contribution in [2.75, 3.05) is 0 Å². The van der Waals surface area contributed by atoms with Gasteiger partial charge in [0.05, 0.1) is 11.3 Å². The zero-order chi connectivity index (χ0) is 12.5. The van der Waals surface area contributed by atoms with Gasteiger partial charge in [-0.15, -0.1) is 0 Å². The minimum atomic E-state index is -4.50. The second-order valence-corrected chi connectivity index (χ2v) is 3.26. The molecule has 1 N–H and O–H groups in total. The standard InChI is InChI=1S/C10H7F3N4/c11-10(12,13)8-3-7(4-14)1-2-9(8)17-6-15-5-16-17/h1-6,14H. The summed E-state index contributed by atoms with van der Waals surface area (Å²) in [5.41, 5.74) is -0.772. The second-order valence-electron chi connectivity index (χ2n) is 3.26. The van der Waals surface area contributed by atoms with E-state index in [1.807, 2.05) is 0 Å². The normalized spacial score (nSPS) is 11.5. The van der Waals surface area contributed by atoms with E-state index < -0.39 is 11.7 Å². The molecule has 0 amide bonds. The van der Waals surface area contributed by atoms with E-state index in [1.165, 1.54) is 18.5 Å². The number of alkyl halides is 3. The highest BCUT2D eigenvalue weighted by Crippen LogP contribution is 2.33. The number of rotatable bonds is 2. The maximum absolute atomic E-state index is 12.8. The Kier molecular flexibility index (Phi) is 2.66. The van der Waals surface area contributed by atoms with Crippen LogP contribution < -0.4 is 0 Å². The highest BCUT2D eigenvalue weighted by Gasteiger charge is 2.34. The quantitative estimate of drug-likeness (QED) is 0.819. The third-order valence-corrected chi connectivity index (χ3v) is 2.16. The number of hydrogen-bond acceptors (Lipinski definition) is 3. The predicted octanol–water partition coefficient (Wildman–Crippen LogP) is 2.28. The average molecular weight is 240 g/mol.